The van der Waals surface area contributed by atoms with Gasteiger partial charge in [-0.15, -0.1) is 0 Å². The van der Waals surface area contributed by atoms with Gasteiger partial charge < -0.3 is 15.0 Å². The zero-order chi connectivity index (χ0) is 14.1. The molecule has 2 N–H and O–H groups in total. The summed E-state index contributed by atoms with van der Waals surface area (Å²) in [5.41, 5.74) is 10.0. The van der Waals surface area contributed by atoms with Crippen molar-refractivity contribution in [2.75, 3.05) is 5.73 Å². The molecule has 1 aliphatic carbocycles. The average Bonchev–Trinajstić information content (AvgIpc) is 3.07. The highest BCUT2D eigenvalue weighted by atomic mass is 16.5. The number of aryl methyl sites for hydroxylation is 1. The third kappa shape index (κ3) is 2.26. The maximum atomic E-state index is 6.27. The van der Waals surface area contributed by atoms with E-state index in [9.17, 15) is 0 Å². The number of nitrogens with zero attached hydrogens (tertiary/aromatic N) is 1. The third-order valence-corrected chi connectivity index (χ3v) is 4.15. The Labute approximate surface area is 118 Å². The molecule has 106 valence electrons. The van der Waals surface area contributed by atoms with E-state index in [1.165, 1.54) is 18.4 Å². The first-order valence-electron chi connectivity index (χ1n) is 7.14. The number of ether oxygens (including phenoxy) is 1. The second kappa shape index (κ2) is 5.19. The molecule has 1 aliphatic rings. The first-order chi connectivity index (χ1) is 9.66. The monoisotopic (exact) mass is 272 g/mol. The molecule has 1 heterocycles. The molecule has 4 heteroatoms. The van der Waals surface area contributed by atoms with Gasteiger partial charge in [-0.3, -0.25) is 0 Å². The van der Waals surface area contributed by atoms with Gasteiger partial charge >= 0.3 is 0 Å². The van der Waals surface area contributed by atoms with Crippen LogP contribution in [0.5, 0.6) is 5.75 Å². The fourth-order valence-corrected chi connectivity index (χ4v) is 2.78. The van der Waals surface area contributed by atoms with Gasteiger partial charge in [-0.05, 0) is 50.7 Å². The summed E-state index contributed by atoms with van der Waals surface area (Å²) in [5, 5.41) is 3.77. The van der Waals surface area contributed by atoms with E-state index in [0.29, 0.717) is 12.0 Å². The second-order valence-electron chi connectivity index (χ2n) is 5.51. The second-order valence-corrected chi connectivity index (χ2v) is 5.51. The molecule has 3 rings (SSSR count). The number of hydrogen-bond donors (Lipinski definition) is 1. The highest BCUT2D eigenvalue weighted by Crippen LogP contribution is 2.39. The maximum Gasteiger partial charge on any atom is 0.230 e. The van der Waals surface area contributed by atoms with Gasteiger partial charge in [0, 0.05) is 5.56 Å². The Kier molecular flexibility index (Phi) is 3.38. The van der Waals surface area contributed by atoms with E-state index in [-0.39, 0.29) is 0 Å². The van der Waals surface area contributed by atoms with Crippen LogP contribution < -0.4 is 10.5 Å². The molecule has 0 atom stereocenters. The minimum atomic E-state index is 0.315. The van der Waals surface area contributed by atoms with Gasteiger partial charge in [-0.25, -0.2) is 0 Å². The van der Waals surface area contributed by atoms with E-state index < -0.39 is 0 Å². The van der Waals surface area contributed by atoms with E-state index in [4.69, 9.17) is 15.0 Å². The van der Waals surface area contributed by atoms with Gasteiger partial charge in [0.1, 0.15) is 5.75 Å². The van der Waals surface area contributed by atoms with Gasteiger partial charge in [0.25, 0.3) is 0 Å². The van der Waals surface area contributed by atoms with Crippen LogP contribution in [0.15, 0.2) is 22.9 Å². The van der Waals surface area contributed by atoms with E-state index in [1.54, 1.807) is 6.20 Å². The van der Waals surface area contributed by atoms with Crippen molar-refractivity contribution in [2.24, 2.45) is 0 Å². The van der Waals surface area contributed by atoms with Crippen molar-refractivity contribution in [3.05, 3.63) is 29.5 Å². The van der Waals surface area contributed by atoms with Crippen molar-refractivity contribution < 1.29 is 9.26 Å². The van der Waals surface area contributed by atoms with Crippen molar-refractivity contribution >= 4 is 5.88 Å². The summed E-state index contributed by atoms with van der Waals surface area (Å²) < 4.78 is 11.3. The SMILES string of the molecule is Cc1ccc(-c2cnoc2N)c(OC2CCCC2)c1C. The van der Waals surface area contributed by atoms with Gasteiger partial charge in [-0.1, -0.05) is 17.3 Å². The van der Waals surface area contributed by atoms with Crippen LogP contribution in [0.4, 0.5) is 5.88 Å². The Morgan fingerprint density at radius 3 is 2.60 bits per heavy atom. The molecule has 0 bridgehead atoms. The average molecular weight is 272 g/mol. The van der Waals surface area contributed by atoms with Crippen molar-refractivity contribution in [1.82, 2.24) is 5.16 Å². The first-order valence-corrected chi connectivity index (χ1v) is 7.14. The molecule has 2 aromatic rings. The van der Waals surface area contributed by atoms with Gasteiger partial charge in [-0.2, -0.15) is 0 Å². The van der Waals surface area contributed by atoms with Crippen LogP contribution in [0.25, 0.3) is 11.1 Å². The lowest BCUT2D eigenvalue weighted by molar-refractivity contribution is 0.209. The van der Waals surface area contributed by atoms with E-state index in [0.717, 1.165) is 35.3 Å². The highest BCUT2D eigenvalue weighted by molar-refractivity contribution is 5.78. The molecule has 4 nitrogen and oxygen atoms in total. The molecule has 0 saturated heterocycles. The summed E-state index contributed by atoms with van der Waals surface area (Å²) in [6, 6.07) is 4.12. The van der Waals surface area contributed by atoms with Crippen LogP contribution in [-0.4, -0.2) is 11.3 Å². The Morgan fingerprint density at radius 2 is 1.95 bits per heavy atom. The van der Waals surface area contributed by atoms with Crippen molar-refractivity contribution in [1.29, 1.82) is 0 Å². The van der Waals surface area contributed by atoms with Crippen LogP contribution in [0.1, 0.15) is 36.8 Å². The lowest BCUT2D eigenvalue weighted by Crippen LogP contribution is -2.13. The minimum absolute atomic E-state index is 0.315. The fraction of sp³-hybridized carbons (Fsp3) is 0.438. The Hall–Kier alpha value is -1.97. The molecule has 0 amide bonds. The predicted octanol–water partition coefficient (Wildman–Crippen LogP) is 3.86. The van der Waals surface area contributed by atoms with E-state index in [1.807, 2.05) is 6.07 Å². The highest BCUT2D eigenvalue weighted by Gasteiger charge is 2.22. The Morgan fingerprint density at radius 1 is 1.20 bits per heavy atom. The molecule has 0 spiro atoms. The first kappa shape index (κ1) is 13.0. The molecule has 1 fully saturated rings. The lowest BCUT2D eigenvalue weighted by atomic mass is 10.00. The van der Waals surface area contributed by atoms with Crippen molar-refractivity contribution in [2.45, 2.75) is 45.6 Å². The quantitative estimate of drug-likeness (QED) is 0.921. The predicted molar refractivity (Wildman–Crippen MR) is 78.7 cm³/mol. The fourth-order valence-electron chi connectivity index (χ4n) is 2.78. The molecular formula is C16H20N2O2. The maximum absolute atomic E-state index is 6.27. The lowest BCUT2D eigenvalue weighted by Gasteiger charge is -2.19. The Bertz CT molecular complexity index is 613. The summed E-state index contributed by atoms with van der Waals surface area (Å²) in [6.45, 7) is 4.18. The molecule has 1 saturated carbocycles. The topological polar surface area (TPSA) is 61.3 Å². The van der Waals surface area contributed by atoms with Crippen LogP contribution in [0, 0.1) is 13.8 Å². The molecular weight excluding hydrogens is 252 g/mol. The Balaban J connectivity index is 2.05. The summed E-state index contributed by atoms with van der Waals surface area (Å²) in [6.07, 6.45) is 6.73. The molecule has 1 aromatic carbocycles. The number of anilines is 1. The summed E-state index contributed by atoms with van der Waals surface area (Å²) in [4.78, 5) is 0. The van der Waals surface area contributed by atoms with Gasteiger partial charge in [0.15, 0.2) is 0 Å². The molecule has 0 radical (unpaired) electrons. The van der Waals surface area contributed by atoms with Crippen molar-refractivity contribution in [3.8, 4) is 16.9 Å². The van der Waals surface area contributed by atoms with Crippen LogP contribution >= 0.6 is 0 Å². The molecule has 20 heavy (non-hydrogen) atoms. The number of nitrogens with two attached hydrogens (primary N) is 1. The third-order valence-electron chi connectivity index (χ3n) is 4.15. The smallest absolute Gasteiger partial charge is 0.230 e. The van der Waals surface area contributed by atoms with Gasteiger partial charge in [0.2, 0.25) is 5.88 Å². The zero-order valence-corrected chi connectivity index (χ0v) is 12.0. The molecule has 0 unspecified atom stereocenters. The van der Waals surface area contributed by atoms with Crippen LogP contribution in [0.3, 0.4) is 0 Å². The number of benzene rings is 1. The van der Waals surface area contributed by atoms with Crippen LogP contribution in [-0.2, 0) is 0 Å². The molecule has 0 aliphatic heterocycles. The normalized spacial score (nSPS) is 15.7. The van der Waals surface area contributed by atoms with Crippen molar-refractivity contribution in [3.63, 3.8) is 0 Å². The van der Waals surface area contributed by atoms with E-state index >= 15 is 0 Å². The summed E-state index contributed by atoms with van der Waals surface area (Å²) in [5.74, 6) is 1.26. The standard InChI is InChI=1S/C16H20N2O2/c1-10-7-8-13(14-9-18-20-16(14)17)15(11(10)2)19-12-5-3-4-6-12/h7-9,12H,3-6,17H2,1-2H3. The summed E-state index contributed by atoms with van der Waals surface area (Å²) in [7, 11) is 0. The number of nitrogen functional groups attached to an aromatic ring is 1. The van der Waals surface area contributed by atoms with Crippen LogP contribution in [0.2, 0.25) is 0 Å². The van der Waals surface area contributed by atoms with Gasteiger partial charge in [0.05, 0.1) is 17.9 Å². The number of rotatable bonds is 3. The number of hydrogen-bond acceptors (Lipinski definition) is 4. The minimum Gasteiger partial charge on any atom is -0.489 e. The largest absolute Gasteiger partial charge is 0.489 e. The molecule has 1 aromatic heterocycles. The number of aromatic nitrogens is 1. The summed E-state index contributed by atoms with van der Waals surface area (Å²) >= 11 is 0. The zero-order valence-electron chi connectivity index (χ0n) is 12.0. The van der Waals surface area contributed by atoms with E-state index in [2.05, 4.69) is 25.1 Å².